The SMILES string of the molecule is CC(C)NCc1ccc(-c2ccc(O)c3c2C[C@H]2C[C@H]4[C@H](C(C)C)C(=O)C(C(N)=O)C(=O)[C@@]4(O)C(=O)C2C3=O)cc1. The van der Waals surface area contributed by atoms with Crippen molar-refractivity contribution in [2.75, 3.05) is 0 Å². The van der Waals surface area contributed by atoms with Crippen LogP contribution in [-0.2, 0) is 32.1 Å². The van der Waals surface area contributed by atoms with Crippen molar-refractivity contribution in [2.45, 2.75) is 58.7 Å². The number of nitrogens with one attached hydrogen (secondary N) is 1. The summed E-state index contributed by atoms with van der Waals surface area (Å²) in [5, 5.41) is 25.9. The van der Waals surface area contributed by atoms with Crippen molar-refractivity contribution in [3.8, 4) is 16.9 Å². The highest BCUT2D eigenvalue weighted by molar-refractivity contribution is 6.32. The van der Waals surface area contributed by atoms with E-state index >= 15 is 0 Å². The van der Waals surface area contributed by atoms with Crippen LogP contribution in [0.2, 0.25) is 0 Å². The van der Waals surface area contributed by atoms with Gasteiger partial charge in [-0.1, -0.05) is 58.0 Å². The minimum absolute atomic E-state index is 0.00380. The van der Waals surface area contributed by atoms with Crippen molar-refractivity contribution in [3.05, 3.63) is 53.1 Å². The van der Waals surface area contributed by atoms with E-state index in [1.54, 1.807) is 19.9 Å². The van der Waals surface area contributed by atoms with Gasteiger partial charge in [0.25, 0.3) is 0 Å². The van der Waals surface area contributed by atoms with Gasteiger partial charge in [-0.25, -0.2) is 0 Å². The summed E-state index contributed by atoms with van der Waals surface area (Å²) in [6.45, 7) is 8.29. The van der Waals surface area contributed by atoms with Gasteiger partial charge in [0.05, 0.1) is 11.5 Å². The molecule has 0 saturated heterocycles. The zero-order valence-corrected chi connectivity index (χ0v) is 23.6. The number of rotatable bonds is 6. The molecule has 216 valence electrons. The van der Waals surface area contributed by atoms with Gasteiger partial charge in [-0.05, 0) is 53.0 Å². The third-order valence-corrected chi connectivity index (χ3v) is 9.18. The van der Waals surface area contributed by atoms with E-state index in [4.69, 9.17) is 5.73 Å². The molecule has 0 heterocycles. The average molecular weight is 561 g/mol. The summed E-state index contributed by atoms with van der Waals surface area (Å²) in [6.07, 6.45) is 0.287. The number of primary amides is 1. The number of benzene rings is 2. The Labute approximate surface area is 238 Å². The fourth-order valence-corrected chi connectivity index (χ4v) is 7.25. The number of hydrogen-bond donors (Lipinski definition) is 4. The maximum Gasteiger partial charge on any atom is 0.235 e. The molecule has 3 aliphatic rings. The van der Waals surface area contributed by atoms with Gasteiger partial charge >= 0.3 is 0 Å². The molecule has 2 saturated carbocycles. The van der Waals surface area contributed by atoms with E-state index in [2.05, 4.69) is 19.2 Å². The summed E-state index contributed by atoms with van der Waals surface area (Å²) >= 11 is 0. The zero-order chi connectivity index (χ0) is 30.0. The molecular weight excluding hydrogens is 524 g/mol. The van der Waals surface area contributed by atoms with E-state index in [0.29, 0.717) is 18.2 Å². The number of phenolic OH excluding ortho intramolecular Hbond substituents is 1. The number of ketones is 4. The van der Waals surface area contributed by atoms with Crippen LogP contribution in [0.4, 0.5) is 0 Å². The van der Waals surface area contributed by atoms with E-state index in [1.807, 2.05) is 24.3 Å². The molecule has 3 aliphatic carbocycles. The molecule has 41 heavy (non-hydrogen) atoms. The van der Waals surface area contributed by atoms with Crippen molar-refractivity contribution in [1.82, 2.24) is 5.32 Å². The van der Waals surface area contributed by atoms with E-state index in [-0.39, 0.29) is 24.2 Å². The molecule has 2 unspecified atom stereocenters. The van der Waals surface area contributed by atoms with Crippen LogP contribution in [0.5, 0.6) is 5.75 Å². The fourth-order valence-electron chi connectivity index (χ4n) is 7.25. The van der Waals surface area contributed by atoms with E-state index in [9.17, 15) is 34.2 Å². The Morgan fingerprint density at radius 2 is 1.68 bits per heavy atom. The summed E-state index contributed by atoms with van der Waals surface area (Å²) in [6, 6.07) is 11.4. The fraction of sp³-hybridized carbons (Fsp3) is 0.469. The molecule has 1 amide bonds. The largest absolute Gasteiger partial charge is 0.507 e. The maximum atomic E-state index is 14.0. The Kier molecular flexibility index (Phi) is 7.24. The number of Topliss-reactive ketones (excluding diaryl/α,β-unsaturated/α-hetero) is 4. The van der Waals surface area contributed by atoms with Crippen LogP contribution in [0.15, 0.2) is 36.4 Å². The number of aliphatic hydroxyl groups is 1. The van der Waals surface area contributed by atoms with Crippen molar-refractivity contribution in [1.29, 1.82) is 0 Å². The number of aromatic hydroxyl groups is 1. The normalized spacial score (nSPS) is 29.4. The molecule has 0 bridgehead atoms. The second-order valence-corrected chi connectivity index (χ2v) is 12.4. The number of amides is 1. The van der Waals surface area contributed by atoms with Gasteiger partial charge in [0.2, 0.25) is 5.91 Å². The number of phenols is 1. The lowest BCUT2D eigenvalue weighted by molar-refractivity contribution is -0.182. The first kappa shape index (κ1) is 28.8. The van der Waals surface area contributed by atoms with Crippen molar-refractivity contribution < 1.29 is 34.2 Å². The average Bonchev–Trinajstić information content (AvgIpc) is 2.89. The minimum atomic E-state index is -2.69. The van der Waals surface area contributed by atoms with Crippen molar-refractivity contribution in [2.24, 2.45) is 41.2 Å². The predicted octanol–water partition coefficient (Wildman–Crippen LogP) is 2.37. The van der Waals surface area contributed by atoms with Crippen LogP contribution in [0.1, 0.15) is 55.6 Å². The van der Waals surface area contributed by atoms with Crippen LogP contribution >= 0.6 is 0 Å². The van der Waals surface area contributed by atoms with Gasteiger partial charge in [0, 0.05) is 24.4 Å². The number of fused-ring (bicyclic) bond motifs is 3. The first-order chi connectivity index (χ1) is 19.3. The summed E-state index contributed by atoms with van der Waals surface area (Å²) in [5.74, 6) is -11.5. The summed E-state index contributed by atoms with van der Waals surface area (Å²) < 4.78 is 0. The molecule has 5 N–H and O–H groups in total. The first-order valence-corrected chi connectivity index (χ1v) is 14.1. The van der Waals surface area contributed by atoms with E-state index < -0.39 is 70.1 Å². The number of carbonyl (C=O) groups excluding carboxylic acids is 5. The summed E-state index contributed by atoms with van der Waals surface area (Å²) in [4.78, 5) is 66.7. The van der Waals surface area contributed by atoms with E-state index in [0.717, 1.165) is 16.7 Å². The third-order valence-electron chi connectivity index (χ3n) is 9.18. The quantitative estimate of drug-likeness (QED) is 0.391. The highest BCUT2D eigenvalue weighted by Gasteiger charge is 2.69. The molecule has 0 radical (unpaired) electrons. The number of carbonyl (C=O) groups is 5. The molecule has 6 atom stereocenters. The molecule has 2 fully saturated rings. The topological polar surface area (TPSA) is 164 Å². The van der Waals surface area contributed by atoms with Crippen molar-refractivity contribution >= 4 is 29.0 Å². The molecular formula is C32H36N2O7. The lowest BCUT2D eigenvalue weighted by Gasteiger charge is -2.52. The second-order valence-electron chi connectivity index (χ2n) is 12.4. The second kappa shape index (κ2) is 10.3. The lowest BCUT2D eigenvalue weighted by atomic mass is 9.49. The van der Waals surface area contributed by atoms with Crippen molar-refractivity contribution in [3.63, 3.8) is 0 Å². The summed E-state index contributed by atoms with van der Waals surface area (Å²) in [5.41, 5.74) is 5.95. The number of hydrogen-bond acceptors (Lipinski definition) is 8. The number of nitrogens with two attached hydrogens (primary N) is 1. The van der Waals surface area contributed by atoms with Crippen LogP contribution in [0.3, 0.4) is 0 Å². The van der Waals surface area contributed by atoms with Gasteiger partial charge < -0.3 is 21.3 Å². The molecule has 2 aromatic rings. The lowest BCUT2D eigenvalue weighted by Crippen LogP contribution is -2.71. The van der Waals surface area contributed by atoms with Crippen LogP contribution < -0.4 is 11.1 Å². The van der Waals surface area contributed by atoms with Gasteiger partial charge in [0.15, 0.2) is 34.7 Å². The van der Waals surface area contributed by atoms with Gasteiger partial charge in [-0.3, -0.25) is 24.0 Å². The van der Waals surface area contributed by atoms with Crippen LogP contribution in [0.25, 0.3) is 11.1 Å². The predicted molar refractivity (Wildman–Crippen MR) is 150 cm³/mol. The standard InChI is InChI=1S/C32H36N2O7/c1-14(2)23-21-12-18-11-20-19(17-7-5-16(6-8-17)13-34-15(3)4)9-10-22(35)25(20)28(37)24(18)29(38)32(21,41)30(39)26(27(23)36)31(33)40/h5-10,14-15,18,21,23-24,26,34-35,41H,11-13H2,1-4H3,(H2,33,40)/t18-,21-,23-,24?,26?,32-/m0/s1. The molecule has 5 rings (SSSR count). The Morgan fingerprint density at radius 3 is 2.27 bits per heavy atom. The molecule has 9 nitrogen and oxygen atoms in total. The van der Waals surface area contributed by atoms with Gasteiger partial charge in [-0.15, -0.1) is 0 Å². The summed E-state index contributed by atoms with van der Waals surface area (Å²) in [7, 11) is 0. The van der Waals surface area contributed by atoms with Gasteiger partial charge in [-0.2, -0.15) is 0 Å². The minimum Gasteiger partial charge on any atom is -0.507 e. The first-order valence-electron chi connectivity index (χ1n) is 14.1. The molecule has 2 aromatic carbocycles. The molecule has 0 spiro atoms. The monoisotopic (exact) mass is 560 g/mol. The molecule has 0 aromatic heterocycles. The van der Waals surface area contributed by atoms with Crippen LogP contribution in [-0.4, -0.2) is 50.9 Å². The smallest absolute Gasteiger partial charge is 0.235 e. The van der Waals surface area contributed by atoms with Gasteiger partial charge in [0.1, 0.15) is 5.75 Å². The van der Waals surface area contributed by atoms with Crippen LogP contribution in [0, 0.1) is 35.5 Å². The third kappa shape index (κ3) is 4.42. The Balaban J connectivity index is 1.57. The molecule has 9 heteroatoms. The Hall–Kier alpha value is -3.69. The molecule has 0 aliphatic heterocycles. The Morgan fingerprint density at radius 1 is 1.02 bits per heavy atom. The van der Waals surface area contributed by atoms with E-state index in [1.165, 1.54) is 6.07 Å². The highest BCUT2D eigenvalue weighted by atomic mass is 16.3. The highest BCUT2D eigenvalue weighted by Crippen LogP contribution is 2.53. The zero-order valence-electron chi connectivity index (χ0n) is 23.6. The maximum absolute atomic E-state index is 14.0. The Bertz CT molecular complexity index is 1460.